The molecule has 0 spiro atoms. The van der Waals surface area contributed by atoms with Gasteiger partial charge >= 0.3 is 0 Å². The lowest BCUT2D eigenvalue weighted by Gasteiger charge is -2.10. The van der Waals surface area contributed by atoms with Crippen molar-refractivity contribution in [3.63, 3.8) is 0 Å². The summed E-state index contributed by atoms with van der Waals surface area (Å²) < 4.78 is 7.79. The van der Waals surface area contributed by atoms with Crippen molar-refractivity contribution in [2.75, 3.05) is 0 Å². The summed E-state index contributed by atoms with van der Waals surface area (Å²) >= 11 is 13.7. The van der Waals surface area contributed by atoms with Crippen LogP contribution in [0.2, 0.25) is 10.0 Å². The molecular formula is C20H19Cl2N3OS. The van der Waals surface area contributed by atoms with Gasteiger partial charge in [0, 0.05) is 17.3 Å². The zero-order valence-corrected chi connectivity index (χ0v) is 17.2. The van der Waals surface area contributed by atoms with E-state index in [1.807, 2.05) is 10.6 Å². The molecule has 0 aliphatic carbocycles. The second-order valence-electron chi connectivity index (χ2n) is 5.94. The van der Waals surface area contributed by atoms with E-state index in [1.54, 1.807) is 30.0 Å². The molecule has 2 aromatic carbocycles. The third-order valence-electron chi connectivity index (χ3n) is 3.84. The SMILES string of the molecule is C=CCn1c(COc2ccc(Cl)cc2Cl)nnc1SCc1ccc(C)cc1. The third kappa shape index (κ3) is 5.28. The molecule has 4 nitrogen and oxygen atoms in total. The molecule has 0 atom stereocenters. The maximum absolute atomic E-state index is 6.16. The first-order valence-corrected chi connectivity index (χ1v) is 10.1. The van der Waals surface area contributed by atoms with Crippen LogP contribution in [0.5, 0.6) is 5.75 Å². The molecular weight excluding hydrogens is 401 g/mol. The van der Waals surface area contributed by atoms with Gasteiger partial charge in [0.1, 0.15) is 12.4 Å². The van der Waals surface area contributed by atoms with E-state index in [9.17, 15) is 0 Å². The number of aromatic nitrogens is 3. The van der Waals surface area contributed by atoms with Crippen molar-refractivity contribution in [3.05, 3.63) is 82.1 Å². The van der Waals surface area contributed by atoms with Crippen LogP contribution in [0.15, 0.2) is 60.3 Å². The first kappa shape index (κ1) is 19.8. The number of hydrogen-bond donors (Lipinski definition) is 0. The van der Waals surface area contributed by atoms with Crippen molar-refractivity contribution in [1.29, 1.82) is 0 Å². The van der Waals surface area contributed by atoms with E-state index in [4.69, 9.17) is 27.9 Å². The lowest BCUT2D eigenvalue weighted by atomic mass is 10.2. The zero-order valence-electron chi connectivity index (χ0n) is 14.9. The van der Waals surface area contributed by atoms with Crippen LogP contribution in [0.25, 0.3) is 0 Å². The molecule has 0 saturated heterocycles. The predicted molar refractivity (Wildman–Crippen MR) is 112 cm³/mol. The number of nitrogens with zero attached hydrogens (tertiary/aromatic N) is 3. The molecule has 0 aliphatic rings. The fraction of sp³-hybridized carbons (Fsp3) is 0.200. The molecule has 0 amide bonds. The molecule has 0 bridgehead atoms. The van der Waals surface area contributed by atoms with Crippen LogP contribution in [0.4, 0.5) is 0 Å². The maximum Gasteiger partial charge on any atom is 0.191 e. The number of aryl methyl sites for hydroxylation is 1. The smallest absolute Gasteiger partial charge is 0.191 e. The van der Waals surface area contributed by atoms with Crippen LogP contribution in [0.1, 0.15) is 17.0 Å². The zero-order chi connectivity index (χ0) is 19.2. The van der Waals surface area contributed by atoms with Crippen molar-refractivity contribution >= 4 is 35.0 Å². The molecule has 0 N–H and O–H groups in total. The van der Waals surface area contributed by atoms with E-state index in [-0.39, 0.29) is 6.61 Å². The fourth-order valence-electron chi connectivity index (χ4n) is 2.41. The highest BCUT2D eigenvalue weighted by Crippen LogP contribution is 2.28. The van der Waals surface area contributed by atoms with E-state index in [1.165, 1.54) is 11.1 Å². The van der Waals surface area contributed by atoms with Crippen molar-refractivity contribution in [2.24, 2.45) is 0 Å². The minimum atomic E-state index is 0.257. The molecule has 0 aliphatic heterocycles. The van der Waals surface area contributed by atoms with Gasteiger partial charge in [-0.1, -0.05) is 70.9 Å². The van der Waals surface area contributed by atoms with E-state index >= 15 is 0 Å². The molecule has 27 heavy (non-hydrogen) atoms. The van der Waals surface area contributed by atoms with Crippen LogP contribution >= 0.6 is 35.0 Å². The number of halogens is 2. The average Bonchev–Trinajstić information content (AvgIpc) is 3.03. The Hall–Kier alpha value is -1.95. The van der Waals surface area contributed by atoms with Gasteiger partial charge in [0.2, 0.25) is 0 Å². The lowest BCUT2D eigenvalue weighted by molar-refractivity contribution is 0.289. The Morgan fingerprint density at radius 2 is 1.93 bits per heavy atom. The van der Waals surface area contributed by atoms with Gasteiger partial charge in [-0.3, -0.25) is 4.57 Å². The highest BCUT2D eigenvalue weighted by Gasteiger charge is 2.13. The van der Waals surface area contributed by atoms with E-state index < -0.39 is 0 Å². The number of rotatable bonds is 8. The van der Waals surface area contributed by atoms with Gasteiger partial charge in [-0.2, -0.15) is 0 Å². The van der Waals surface area contributed by atoms with Gasteiger partial charge in [0.15, 0.2) is 11.0 Å². The second-order valence-corrected chi connectivity index (χ2v) is 7.72. The summed E-state index contributed by atoms with van der Waals surface area (Å²) in [6.45, 7) is 6.77. The van der Waals surface area contributed by atoms with Crippen LogP contribution in [0.3, 0.4) is 0 Å². The quantitative estimate of drug-likeness (QED) is 0.334. The predicted octanol–water partition coefficient (Wildman–Crippen LogP) is 5.95. The standard InChI is InChI=1S/C20H19Cl2N3OS/c1-3-10-25-19(12-26-18-9-8-16(21)11-17(18)22)23-24-20(25)27-13-15-6-4-14(2)5-7-15/h3-9,11H,1,10,12-13H2,2H3. The minimum absolute atomic E-state index is 0.257. The summed E-state index contributed by atoms with van der Waals surface area (Å²) in [4.78, 5) is 0. The van der Waals surface area contributed by atoms with Gasteiger partial charge in [-0.15, -0.1) is 16.8 Å². The molecule has 0 fully saturated rings. The van der Waals surface area contributed by atoms with Gasteiger partial charge in [-0.25, -0.2) is 0 Å². The Morgan fingerprint density at radius 3 is 2.63 bits per heavy atom. The van der Waals surface area contributed by atoms with Crippen molar-refractivity contribution in [2.45, 2.75) is 31.0 Å². The van der Waals surface area contributed by atoms with E-state index in [0.717, 1.165) is 10.9 Å². The first-order valence-electron chi connectivity index (χ1n) is 8.36. The van der Waals surface area contributed by atoms with Crippen molar-refractivity contribution < 1.29 is 4.74 Å². The van der Waals surface area contributed by atoms with Gasteiger partial charge in [0.05, 0.1) is 5.02 Å². The molecule has 0 saturated carbocycles. The number of ether oxygens (including phenoxy) is 1. The number of thioether (sulfide) groups is 1. The van der Waals surface area contributed by atoms with E-state index in [2.05, 4.69) is 48.0 Å². The highest BCUT2D eigenvalue weighted by molar-refractivity contribution is 7.98. The Balaban J connectivity index is 1.70. The molecule has 7 heteroatoms. The topological polar surface area (TPSA) is 39.9 Å². The van der Waals surface area contributed by atoms with E-state index in [0.29, 0.717) is 28.2 Å². The summed E-state index contributed by atoms with van der Waals surface area (Å²) in [7, 11) is 0. The Kier molecular flexibility index (Phi) is 6.83. The molecule has 140 valence electrons. The summed E-state index contributed by atoms with van der Waals surface area (Å²) in [5.74, 6) is 2.09. The van der Waals surface area contributed by atoms with Crippen molar-refractivity contribution in [3.8, 4) is 5.75 Å². The minimum Gasteiger partial charge on any atom is -0.484 e. The van der Waals surface area contributed by atoms with Gasteiger partial charge < -0.3 is 4.74 Å². The molecule has 3 rings (SSSR count). The molecule has 0 radical (unpaired) electrons. The maximum atomic E-state index is 6.16. The van der Waals surface area contributed by atoms with Crippen LogP contribution in [-0.4, -0.2) is 14.8 Å². The van der Waals surface area contributed by atoms with Crippen LogP contribution in [-0.2, 0) is 18.9 Å². The summed E-state index contributed by atoms with van der Waals surface area (Å²) in [6.07, 6.45) is 1.82. The third-order valence-corrected chi connectivity index (χ3v) is 5.41. The Morgan fingerprint density at radius 1 is 1.15 bits per heavy atom. The number of benzene rings is 2. The number of allylic oxidation sites excluding steroid dienone is 1. The lowest BCUT2D eigenvalue weighted by Crippen LogP contribution is -2.07. The van der Waals surface area contributed by atoms with Gasteiger partial charge in [0.25, 0.3) is 0 Å². The Bertz CT molecular complexity index is 925. The van der Waals surface area contributed by atoms with Gasteiger partial charge in [-0.05, 0) is 30.7 Å². The Labute approximate surface area is 173 Å². The molecule has 0 unspecified atom stereocenters. The summed E-state index contributed by atoms with van der Waals surface area (Å²) in [5, 5.41) is 10.4. The average molecular weight is 420 g/mol. The highest BCUT2D eigenvalue weighted by atomic mass is 35.5. The monoisotopic (exact) mass is 419 g/mol. The molecule has 3 aromatic rings. The van der Waals surface area contributed by atoms with Crippen LogP contribution < -0.4 is 4.74 Å². The summed E-state index contributed by atoms with van der Waals surface area (Å²) in [5.41, 5.74) is 2.49. The number of hydrogen-bond acceptors (Lipinski definition) is 4. The molecule has 1 aromatic heterocycles. The fourth-order valence-corrected chi connectivity index (χ4v) is 3.80. The normalized spacial score (nSPS) is 10.8. The largest absolute Gasteiger partial charge is 0.484 e. The molecule has 1 heterocycles. The van der Waals surface area contributed by atoms with Crippen LogP contribution in [0, 0.1) is 6.92 Å². The summed E-state index contributed by atoms with van der Waals surface area (Å²) in [6, 6.07) is 13.6. The second kappa shape index (κ2) is 9.31. The van der Waals surface area contributed by atoms with Crippen molar-refractivity contribution in [1.82, 2.24) is 14.8 Å². The first-order chi connectivity index (χ1) is 13.1.